The van der Waals surface area contributed by atoms with Gasteiger partial charge in [0.25, 0.3) is 0 Å². The quantitative estimate of drug-likeness (QED) is 0.699. The topological polar surface area (TPSA) is 72.7 Å². The maximum Gasteiger partial charge on any atom is 0.323 e. The van der Waals surface area contributed by atoms with Crippen LogP contribution < -0.4 is 16.3 Å². The lowest BCUT2D eigenvalue weighted by Crippen LogP contribution is -2.38. The third-order valence-corrected chi connectivity index (χ3v) is 5.05. The molecule has 4 rings (SSSR count). The van der Waals surface area contributed by atoms with Gasteiger partial charge in [0.1, 0.15) is 0 Å². The van der Waals surface area contributed by atoms with Crippen molar-refractivity contribution in [1.29, 1.82) is 0 Å². The largest absolute Gasteiger partial charge is 0.382 e. The van der Waals surface area contributed by atoms with Crippen LogP contribution in [0.15, 0.2) is 23.0 Å². The Morgan fingerprint density at radius 2 is 1.95 bits per heavy atom. The molecule has 2 fully saturated rings. The first-order chi connectivity index (χ1) is 10.3. The van der Waals surface area contributed by atoms with E-state index in [1.807, 2.05) is 12.1 Å². The number of rotatable bonds is 3. The van der Waals surface area contributed by atoms with Crippen LogP contribution in [0.3, 0.4) is 0 Å². The van der Waals surface area contributed by atoms with Gasteiger partial charge in [0.2, 0.25) is 0 Å². The molecule has 3 atom stereocenters. The molecule has 5 heteroatoms. The monoisotopic (exact) mass is 286 g/mol. The van der Waals surface area contributed by atoms with Crippen LogP contribution in [-0.4, -0.2) is 28.6 Å². The number of nitrogens with one attached hydrogen (secondary N) is 4. The van der Waals surface area contributed by atoms with E-state index < -0.39 is 0 Å². The summed E-state index contributed by atoms with van der Waals surface area (Å²) in [5, 5.41) is 7.35. The fourth-order valence-corrected chi connectivity index (χ4v) is 4.06. The molecule has 0 amide bonds. The molecule has 2 heterocycles. The van der Waals surface area contributed by atoms with Crippen molar-refractivity contribution in [3.8, 4) is 0 Å². The molecule has 0 bridgehead atoms. The minimum atomic E-state index is -0.143. The molecule has 5 nitrogen and oxygen atoms in total. The van der Waals surface area contributed by atoms with Crippen molar-refractivity contribution in [3.63, 3.8) is 0 Å². The standard InChI is InChI=1S/C16H22N4O/c21-16-19-14-7-6-10(9-15(14)20-16)18-13-4-1-3-11(13)12-5-2-8-17-12/h6-7,9,11-13,17-18H,1-5,8H2,(H2,19,20,21). The number of H-pyrrole nitrogens is 2. The number of hydrogen-bond acceptors (Lipinski definition) is 3. The van der Waals surface area contributed by atoms with E-state index in [-0.39, 0.29) is 5.69 Å². The van der Waals surface area contributed by atoms with Crippen molar-refractivity contribution in [2.24, 2.45) is 5.92 Å². The van der Waals surface area contributed by atoms with Crippen molar-refractivity contribution in [1.82, 2.24) is 15.3 Å². The van der Waals surface area contributed by atoms with Gasteiger partial charge in [-0.25, -0.2) is 4.79 Å². The number of fused-ring (bicyclic) bond motifs is 1. The van der Waals surface area contributed by atoms with Gasteiger partial charge in [-0.15, -0.1) is 0 Å². The lowest BCUT2D eigenvalue weighted by Gasteiger charge is -2.27. The van der Waals surface area contributed by atoms with Crippen LogP contribution in [0.5, 0.6) is 0 Å². The van der Waals surface area contributed by atoms with Crippen molar-refractivity contribution < 1.29 is 0 Å². The van der Waals surface area contributed by atoms with E-state index in [2.05, 4.69) is 26.7 Å². The Bertz CT molecular complexity index is 683. The zero-order valence-electron chi connectivity index (χ0n) is 12.1. The number of anilines is 1. The number of aromatic amines is 2. The molecule has 0 spiro atoms. The Labute approximate surface area is 123 Å². The number of benzene rings is 1. The Morgan fingerprint density at radius 3 is 2.81 bits per heavy atom. The zero-order valence-corrected chi connectivity index (χ0v) is 12.1. The molecule has 0 radical (unpaired) electrons. The van der Waals surface area contributed by atoms with Gasteiger partial charge in [0.15, 0.2) is 0 Å². The van der Waals surface area contributed by atoms with Crippen molar-refractivity contribution in [2.75, 3.05) is 11.9 Å². The molecule has 21 heavy (non-hydrogen) atoms. The molecular weight excluding hydrogens is 264 g/mol. The molecule has 112 valence electrons. The highest BCUT2D eigenvalue weighted by atomic mass is 16.1. The maximum atomic E-state index is 11.3. The fourth-order valence-electron chi connectivity index (χ4n) is 4.06. The minimum Gasteiger partial charge on any atom is -0.382 e. The molecule has 1 saturated heterocycles. The van der Waals surface area contributed by atoms with Gasteiger partial charge in [-0.05, 0) is 56.3 Å². The second-order valence-electron chi connectivity index (χ2n) is 6.39. The van der Waals surface area contributed by atoms with Crippen LogP contribution in [-0.2, 0) is 0 Å². The van der Waals surface area contributed by atoms with E-state index in [4.69, 9.17) is 0 Å². The molecule has 1 aromatic heterocycles. The summed E-state index contributed by atoms with van der Waals surface area (Å²) in [4.78, 5) is 16.9. The first-order valence-electron chi connectivity index (χ1n) is 8.01. The van der Waals surface area contributed by atoms with Crippen molar-refractivity contribution in [2.45, 2.75) is 44.2 Å². The summed E-state index contributed by atoms with van der Waals surface area (Å²) < 4.78 is 0. The number of imidazole rings is 1. The molecule has 2 aliphatic rings. The van der Waals surface area contributed by atoms with E-state index in [0.29, 0.717) is 12.1 Å². The molecule has 1 saturated carbocycles. The Kier molecular flexibility index (Phi) is 3.22. The SMILES string of the molecule is O=c1[nH]c2ccc(NC3CCCC3C3CCCN3)cc2[nH]1. The number of aromatic nitrogens is 2. The van der Waals surface area contributed by atoms with Gasteiger partial charge in [-0.1, -0.05) is 6.42 Å². The lowest BCUT2D eigenvalue weighted by atomic mass is 9.93. The van der Waals surface area contributed by atoms with E-state index in [1.54, 1.807) is 0 Å². The first-order valence-corrected chi connectivity index (χ1v) is 8.01. The van der Waals surface area contributed by atoms with Gasteiger partial charge in [0.05, 0.1) is 11.0 Å². The molecule has 4 N–H and O–H groups in total. The van der Waals surface area contributed by atoms with E-state index in [9.17, 15) is 4.79 Å². The van der Waals surface area contributed by atoms with Crippen molar-refractivity contribution in [3.05, 3.63) is 28.7 Å². The molecule has 3 unspecified atom stereocenters. The van der Waals surface area contributed by atoms with Gasteiger partial charge in [-0.3, -0.25) is 0 Å². The molecule has 2 aromatic rings. The third-order valence-electron chi connectivity index (χ3n) is 5.05. The van der Waals surface area contributed by atoms with Gasteiger partial charge in [-0.2, -0.15) is 0 Å². The van der Waals surface area contributed by atoms with Gasteiger partial charge in [0, 0.05) is 17.8 Å². The van der Waals surface area contributed by atoms with E-state index in [0.717, 1.165) is 22.6 Å². The summed E-state index contributed by atoms with van der Waals surface area (Å²) in [5.74, 6) is 0.730. The smallest absolute Gasteiger partial charge is 0.323 e. The normalized spacial score (nSPS) is 29.2. The second-order valence-corrected chi connectivity index (χ2v) is 6.39. The summed E-state index contributed by atoms with van der Waals surface area (Å²) in [7, 11) is 0. The van der Waals surface area contributed by atoms with Crippen LogP contribution in [0.4, 0.5) is 5.69 Å². The summed E-state index contributed by atoms with van der Waals surface area (Å²) >= 11 is 0. The molecular formula is C16H22N4O. The minimum absolute atomic E-state index is 0.143. The van der Waals surface area contributed by atoms with E-state index >= 15 is 0 Å². The zero-order chi connectivity index (χ0) is 14.2. The second kappa shape index (κ2) is 5.22. The fraction of sp³-hybridized carbons (Fsp3) is 0.562. The molecule has 1 aromatic carbocycles. The summed E-state index contributed by atoms with van der Waals surface area (Å²) in [5.41, 5.74) is 2.70. The average Bonchev–Trinajstić information content (AvgIpc) is 3.16. The van der Waals surface area contributed by atoms with Crippen molar-refractivity contribution >= 4 is 16.7 Å². The van der Waals surface area contributed by atoms with Gasteiger partial charge >= 0.3 is 5.69 Å². The Hall–Kier alpha value is -1.75. The van der Waals surface area contributed by atoms with Crippen LogP contribution in [0.25, 0.3) is 11.0 Å². The van der Waals surface area contributed by atoms with Crippen LogP contribution in [0.1, 0.15) is 32.1 Å². The summed E-state index contributed by atoms with van der Waals surface area (Å²) in [6, 6.07) is 7.28. The Balaban J connectivity index is 1.53. The predicted octanol–water partition coefficient (Wildman–Crippen LogP) is 2.19. The summed E-state index contributed by atoms with van der Waals surface area (Å²) in [6.07, 6.45) is 6.49. The highest BCUT2D eigenvalue weighted by Crippen LogP contribution is 2.34. The average molecular weight is 286 g/mol. The maximum absolute atomic E-state index is 11.3. The summed E-state index contributed by atoms with van der Waals surface area (Å²) in [6.45, 7) is 1.17. The van der Waals surface area contributed by atoms with Crippen LogP contribution in [0.2, 0.25) is 0 Å². The Morgan fingerprint density at radius 1 is 1.05 bits per heavy atom. The van der Waals surface area contributed by atoms with E-state index in [1.165, 1.54) is 38.6 Å². The predicted molar refractivity (Wildman–Crippen MR) is 84.7 cm³/mol. The van der Waals surface area contributed by atoms with Gasteiger partial charge < -0.3 is 20.6 Å². The highest BCUT2D eigenvalue weighted by molar-refractivity contribution is 5.78. The third kappa shape index (κ3) is 2.46. The van der Waals surface area contributed by atoms with Crippen LogP contribution in [0, 0.1) is 5.92 Å². The lowest BCUT2D eigenvalue weighted by molar-refractivity contribution is 0.376. The number of hydrogen-bond donors (Lipinski definition) is 4. The first kappa shape index (κ1) is 13.0. The molecule has 1 aliphatic heterocycles. The molecule has 1 aliphatic carbocycles. The highest BCUT2D eigenvalue weighted by Gasteiger charge is 2.34. The van der Waals surface area contributed by atoms with Crippen LogP contribution >= 0.6 is 0 Å².